The summed E-state index contributed by atoms with van der Waals surface area (Å²) in [5.41, 5.74) is 1.84. The van der Waals surface area contributed by atoms with Crippen molar-refractivity contribution >= 4 is 21.9 Å². The van der Waals surface area contributed by atoms with Crippen molar-refractivity contribution in [3.63, 3.8) is 0 Å². The van der Waals surface area contributed by atoms with Gasteiger partial charge in [0.25, 0.3) is 0 Å². The standard InChI is InChI=1S/C27H31F3N2O7S/c1-37-23-9-6-18(15-24(23)38-2)11-14-39-25(33)22-5-3-4-12-32(22)40(35,36)21-8-7-19-10-13-31(17-20(19)16-21)26(34)27(28,29)30/h6-9,15-16,22H,3-5,10-14,17H2,1-2H3. The fourth-order valence-corrected chi connectivity index (χ4v) is 6.71. The maximum absolute atomic E-state index is 13.6. The van der Waals surface area contributed by atoms with Gasteiger partial charge in [0, 0.05) is 26.1 Å². The molecule has 218 valence electrons. The van der Waals surface area contributed by atoms with E-state index >= 15 is 0 Å². The molecule has 2 aliphatic heterocycles. The van der Waals surface area contributed by atoms with Crippen LogP contribution in [0.15, 0.2) is 41.3 Å². The minimum Gasteiger partial charge on any atom is -0.493 e. The minimum atomic E-state index is -5.01. The molecule has 0 saturated carbocycles. The van der Waals surface area contributed by atoms with Crippen LogP contribution in [0.1, 0.15) is 36.0 Å². The van der Waals surface area contributed by atoms with Crippen molar-refractivity contribution in [2.75, 3.05) is 33.9 Å². The third-order valence-corrected chi connectivity index (χ3v) is 9.04. The van der Waals surface area contributed by atoms with Gasteiger partial charge in [0.2, 0.25) is 10.0 Å². The summed E-state index contributed by atoms with van der Waals surface area (Å²) < 4.78 is 83.1. The van der Waals surface area contributed by atoms with Crippen molar-refractivity contribution in [1.29, 1.82) is 0 Å². The maximum atomic E-state index is 13.6. The molecule has 2 aromatic carbocycles. The van der Waals surface area contributed by atoms with Gasteiger partial charge in [-0.2, -0.15) is 17.5 Å². The molecular formula is C27H31F3N2O7S. The molecular weight excluding hydrogens is 553 g/mol. The van der Waals surface area contributed by atoms with Crippen LogP contribution < -0.4 is 9.47 Å². The van der Waals surface area contributed by atoms with Gasteiger partial charge < -0.3 is 19.1 Å². The number of methoxy groups -OCH3 is 2. The summed E-state index contributed by atoms with van der Waals surface area (Å²) in [6, 6.07) is 8.54. The van der Waals surface area contributed by atoms with Gasteiger partial charge in [0.1, 0.15) is 6.04 Å². The molecule has 0 aromatic heterocycles. The number of fused-ring (bicyclic) bond motifs is 1. The van der Waals surface area contributed by atoms with Crippen LogP contribution in [0.3, 0.4) is 0 Å². The number of carbonyl (C=O) groups excluding carboxylic acids is 2. The first-order valence-corrected chi connectivity index (χ1v) is 14.3. The second-order valence-electron chi connectivity index (χ2n) is 9.64. The lowest BCUT2D eigenvalue weighted by Crippen LogP contribution is -2.48. The van der Waals surface area contributed by atoms with Crippen LogP contribution in [0.4, 0.5) is 13.2 Å². The first-order chi connectivity index (χ1) is 19.0. The number of esters is 1. The van der Waals surface area contributed by atoms with Crippen molar-refractivity contribution < 1.29 is 45.4 Å². The molecule has 1 amide bonds. The predicted octanol–water partition coefficient (Wildman–Crippen LogP) is 3.48. The number of hydrogen-bond donors (Lipinski definition) is 0. The highest BCUT2D eigenvalue weighted by Gasteiger charge is 2.43. The zero-order valence-electron chi connectivity index (χ0n) is 22.2. The number of amides is 1. The SMILES string of the molecule is COc1ccc(CCOC(=O)C2CCCCN2S(=O)(=O)c2ccc3c(c2)CN(C(=O)C(F)(F)F)CC3)cc1OC. The molecule has 0 radical (unpaired) electrons. The second kappa shape index (κ2) is 12.0. The van der Waals surface area contributed by atoms with E-state index in [1.807, 2.05) is 6.07 Å². The van der Waals surface area contributed by atoms with E-state index in [1.165, 1.54) is 26.4 Å². The number of nitrogens with zero attached hydrogens (tertiary/aromatic N) is 2. The van der Waals surface area contributed by atoms with Gasteiger partial charge in [-0.05, 0) is 66.6 Å². The highest BCUT2D eigenvalue weighted by molar-refractivity contribution is 7.89. The molecule has 0 spiro atoms. The lowest BCUT2D eigenvalue weighted by atomic mass is 10.00. The average molecular weight is 585 g/mol. The van der Waals surface area contributed by atoms with Crippen LogP contribution in [0.5, 0.6) is 11.5 Å². The molecule has 9 nitrogen and oxygen atoms in total. The van der Waals surface area contributed by atoms with Gasteiger partial charge in [-0.15, -0.1) is 0 Å². The van der Waals surface area contributed by atoms with Gasteiger partial charge in [0.05, 0.1) is 25.7 Å². The molecule has 2 heterocycles. The molecule has 2 aromatic rings. The van der Waals surface area contributed by atoms with Crippen molar-refractivity contribution in [2.45, 2.75) is 55.8 Å². The molecule has 0 N–H and O–H groups in total. The quantitative estimate of drug-likeness (QED) is 0.438. The van der Waals surface area contributed by atoms with Crippen LogP contribution in [0.25, 0.3) is 0 Å². The summed E-state index contributed by atoms with van der Waals surface area (Å²) in [5, 5.41) is 0. The Balaban J connectivity index is 1.46. The number of rotatable bonds is 8. The largest absolute Gasteiger partial charge is 0.493 e. The number of benzene rings is 2. The van der Waals surface area contributed by atoms with Gasteiger partial charge in [0.15, 0.2) is 11.5 Å². The Morgan fingerprint density at radius 3 is 2.42 bits per heavy atom. The third-order valence-electron chi connectivity index (χ3n) is 7.14. The lowest BCUT2D eigenvalue weighted by Gasteiger charge is -2.34. The Hall–Kier alpha value is -3.32. The predicted molar refractivity (Wildman–Crippen MR) is 137 cm³/mol. The average Bonchev–Trinajstić information content (AvgIpc) is 2.95. The van der Waals surface area contributed by atoms with E-state index in [-0.39, 0.29) is 44.0 Å². The van der Waals surface area contributed by atoms with E-state index < -0.39 is 34.1 Å². The normalized spacial score (nSPS) is 18.1. The van der Waals surface area contributed by atoms with Crippen LogP contribution in [0, 0.1) is 0 Å². The molecule has 0 bridgehead atoms. The summed E-state index contributed by atoms with van der Waals surface area (Å²) in [6.45, 7) is -0.326. The van der Waals surface area contributed by atoms with Crippen LogP contribution in [-0.2, 0) is 43.7 Å². The Morgan fingerprint density at radius 1 is 0.975 bits per heavy atom. The summed E-state index contributed by atoms with van der Waals surface area (Å²) in [5.74, 6) is -1.53. The Kier molecular flexibility index (Phi) is 8.93. The Bertz CT molecular complexity index is 1360. The number of sulfonamides is 1. The van der Waals surface area contributed by atoms with Crippen molar-refractivity contribution in [1.82, 2.24) is 9.21 Å². The van der Waals surface area contributed by atoms with Crippen molar-refractivity contribution in [2.24, 2.45) is 0 Å². The third kappa shape index (κ3) is 6.35. The van der Waals surface area contributed by atoms with Crippen LogP contribution in [0.2, 0.25) is 0 Å². The number of halogens is 3. The number of ether oxygens (including phenoxy) is 3. The lowest BCUT2D eigenvalue weighted by molar-refractivity contribution is -0.186. The van der Waals surface area contributed by atoms with Gasteiger partial charge in [-0.3, -0.25) is 9.59 Å². The number of hydrogen-bond acceptors (Lipinski definition) is 7. The fourth-order valence-electron chi connectivity index (χ4n) is 5.01. The summed E-state index contributed by atoms with van der Waals surface area (Å²) in [6.07, 6.45) is -2.98. The Labute approximate surface area is 230 Å². The molecule has 1 unspecified atom stereocenters. The molecule has 4 rings (SSSR count). The van der Waals surface area contributed by atoms with E-state index in [2.05, 4.69) is 0 Å². The smallest absolute Gasteiger partial charge is 0.471 e. The fraction of sp³-hybridized carbons (Fsp3) is 0.481. The highest BCUT2D eigenvalue weighted by atomic mass is 32.2. The first-order valence-electron chi connectivity index (χ1n) is 12.8. The second-order valence-corrected chi connectivity index (χ2v) is 11.5. The van der Waals surface area contributed by atoms with Crippen LogP contribution >= 0.6 is 0 Å². The van der Waals surface area contributed by atoms with E-state index in [0.29, 0.717) is 46.8 Å². The molecule has 40 heavy (non-hydrogen) atoms. The van der Waals surface area contributed by atoms with E-state index in [0.717, 1.165) is 9.87 Å². The first kappa shape index (κ1) is 29.7. The summed E-state index contributed by atoms with van der Waals surface area (Å²) >= 11 is 0. The molecule has 1 atom stereocenters. The number of piperidine rings is 1. The van der Waals surface area contributed by atoms with Gasteiger partial charge >= 0.3 is 18.1 Å². The molecule has 13 heteroatoms. The van der Waals surface area contributed by atoms with Gasteiger partial charge in [-0.1, -0.05) is 12.1 Å². The van der Waals surface area contributed by atoms with E-state index in [1.54, 1.807) is 18.2 Å². The summed E-state index contributed by atoms with van der Waals surface area (Å²) in [7, 11) is -1.13. The number of carbonyl (C=O) groups is 2. The van der Waals surface area contributed by atoms with Crippen molar-refractivity contribution in [3.8, 4) is 11.5 Å². The molecule has 0 aliphatic carbocycles. The molecule has 2 aliphatic rings. The molecule has 1 fully saturated rings. The Morgan fingerprint density at radius 2 is 1.73 bits per heavy atom. The van der Waals surface area contributed by atoms with E-state index in [9.17, 15) is 31.2 Å². The molecule has 1 saturated heterocycles. The topological polar surface area (TPSA) is 102 Å². The number of alkyl halides is 3. The monoisotopic (exact) mass is 584 g/mol. The van der Waals surface area contributed by atoms with E-state index in [4.69, 9.17) is 14.2 Å². The minimum absolute atomic E-state index is 0.0284. The highest BCUT2D eigenvalue weighted by Crippen LogP contribution is 2.31. The van der Waals surface area contributed by atoms with Crippen LogP contribution in [-0.4, -0.2) is 75.6 Å². The van der Waals surface area contributed by atoms with Crippen molar-refractivity contribution in [3.05, 3.63) is 53.1 Å². The zero-order valence-corrected chi connectivity index (χ0v) is 23.0. The zero-order chi connectivity index (χ0) is 29.1. The van der Waals surface area contributed by atoms with Gasteiger partial charge in [-0.25, -0.2) is 8.42 Å². The maximum Gasteiger partial charge on any atom is 0.471 e. The summed E-state index contributed by atoms with van der Waals surface area (Å²) in [4.78, 5) is 25.3.